The first-order valence-electron chi connectivity index (χ1n) is 5.75. The number of hydrogen-bond acceptors (Lipinski definition) is 1. The molecule has 1 saturated heterocycles. The van der Waals surface area contributed by atoms with E-state index in [1.165, 1.54) is 5.56 Å². The standard InChI is InChI=1S/C14H17NO/c1-10(2)12-5-3-11(4-6-12)9-13-7-8-15-14(13)16/h3-6,9-10H,7-8H2,1-2H3,(H,15,16)/b13-9+. The molecule has 0 aliphatic carbocycles. The lowest BCUT2D eigenvalue weighted by atomic mass is 10.0. The summed E-state index contributed by atoms with van der Waals surface area (Å²) in [6, 6.07) is 8.41. The minimum Gasteiger partial charge on any atom is -0.352 e. The van der Waals surface area contributed by atoms with Crippen molar-refractivity contribution in [3.8, 4) is 0 Å². The van der Waals surface area contributed by atoms with Gasteiger partial charge in [0.1, 0.15) is 0 Å². The molecule has 2 rings (SSSR count). The number of hydrogen-bond donors (Lipinski definition) is 1. The van der Waals surface area contributed by atoms with Gasteiger partial charge in [-0.2, -0.15) is 0 Å². The van der Waals surface area contributed by atoms with Crippen LogP contribution in [0, 0.1) is 0 Å². The van der Waals surface area contributed by atoms with Crippen molar-refractivity contribution in [3.05, 3.63) is 41.0 Å². The molecule has 1 heterocycles. The van der Waals surface area contributed by atoms with Crippen molar-refractivity contribution < 1.29 is 4.79 Å². The minimum atomic E-state index is 0.0768. The Labute approximate surface area is 96.4 Å². The molecule has 0 aromatic heterocycles. The van der Waals surface area contributed by atoms with Crippen LogP contribution in [0.3, 0.4) is 0 Å². The molecule has 0 radical (unpaired) electrons. The summed E-state index contributed by atoms with van der Waals surface area (Å²) >= 11 is 0. The molecule has 1 aromatic carbocycles. The molecular formula is C14H17NO. The molecule has 1 fully saturated rings. The fourth-order valence-electron chi connectivity index (χ4n) is 1.85. The quantitative estimate of drug-likeness (QED) is 0.755. The first-order chi connectivity index (χ1) is 7.66. The topological polar surface area (TPSA) is 29.1 Å². The predicted molar refractivity (Wildman–Crippen MR) is 66.1 cm³/mol. The van der Waals surface area contributed by atoms with E-state index in [1.807, 2.05) is 6.08 Å². The van der Waals surface area contributed by atoms with Gasteiger partial charge in [0.25, 0.3) is 0 Å². The summed E-state index contributed by atoms with van der Waals surface area (Å²) < 4.78 is 0. The van der Waals surface area contributed by atoms with E-state index in [-0.39, 0.29) is 5.91 Å². The zero-order valence-electron chi connectivity index (χ0n) is 9.79. The Morgan fingerprint density at radius 1 is 1.25 bits per heavy atom. The molecule has 0 spiro atoms. The highest BCUT2D eigenvalue weighted by Crippen LogP contribution is 2.18. The lowest BCUT2D eigenvalue weighted by Gasteiger charge is -2.05. The molecule has 1 aliphatic heterocycles. The van der Waals surface area contributed by atoms with Gasteiger partial charge in [0, 0.05) is 12.1 Å². The Balaban J connectivity index is 2.19. The minimum absolute atomic E-state index is 0.0768. The molecule has 1 amide bonds. The van der Waals surface area contributed by atoms with Gasteiger partial charge in [-0.25, -0.2) is 0 Å². The Morgan fingerprint density at radius 3 is 2.44 bits per heavy atom. The van der Waals surface area contributed by atoms with Gasteiger partial charge in [-0.1, -0.05) is 38.1 Å². The normalized spacial score (nSPS) is 18.2. The first kappa shape index (κ1) is 10.9. The van der Waals surface area contributed by atoms with E-state index in [4.69, 9.17) is 0 Å². The molecule has 1 N–H and O–H groups in total. The van der Waals surface area contributed by atoms with Crippen molar-refractivity contribution in [1.29, 1.82) is 0 Å². The smallest absolute Gasteiger partial charge is 0.247 e. The summed E-state index contributed by atoms with van der Waals surface area (Å²) in [6.07, 6.45) is 2.82. The summed E-state index contributed by atoms with van der Waals surface area (Å²) in [6.45, 7) is 5.13. The van der Waals surface area contributed by atoms with Crippen molar-refractivity contribution in [2.24, 2.45) is 0 Å². The third kappa shape index (κ3) is 2.32. The zero-order valence-corrected chi connectivity index (χ0v) is 9.79. The van der Waals surface area contributed by atoms with Gasteiger partial charge < -0.3 is 5.32 Å². The number of nitrogens with one attached hydrogen (secondary N) is 1. The van der Waals surface area contributed by atoms with E-state index in [0.29, 0.717) is 5.92 Å². The Morgan fingerprint density at radius 2 is 1.94 bits per heavy atom. The highest BCUT2D eigenvalue weighted by Gasteiger charge is 2.15. The van der Waals surface area contributed by atoms with Crippen LogP contribution in [0.2, 0.25) is 0 Å². The summed E-state index contributed by atoms with van der Waals surface area (Å²) in [7, 11) is 0. The SMILES string of the molecule is CC(C)c1ccc(/C=C2\CCNC2=O)cc1. The number of benzene rings is 1. The fourth-order valence-corrected chi connectivity index (χ4v) is 1.85. The Bertz CT molecular complexity index is 415. The lowest BCUT2D eigenvalue weighted by Crippen LogP contribution is -2.13. The molecule has 0 bridgehead atoms. The van der Waals surface area contributed by atoms with Gasteiger partial charge in [-0.05, 0) is 29.5 Å². The van der Waals surface area contributed by atoms with Crippen molar-refractivity contribution in [1.82, 2.24) is 5.32 Å². The number of amides is 1. The maximum atomic E-state index is 11.4. The van der Waals surface area contributed by atoms with E-state index < -0.39 is 0 Å². The molecule has 0 saturated carbocycles. The summed E-state index contributed by atoms with van der Waals surface area (Å²) in [5, 5.41) is 2.81. The Hall–Kier alpha value is -1.57. The average molecular weight is 215 g/mol. The maximum Gasteiger partial charge on any atom is 0.247 e. The summed E-state index contributed by atoms with van der Waals surface area (Å²) in [5.41, 5.74) is 3.33. The summed E-state index contributed by atoms with van der Waals surface area (Å²) in [4.78, 5) is 11.4. The van der Waals surface area contributed by atoms with Crippen LogP contribution in [0.25, 0.3) is 6.08 Å². The largest absolute Gasteiger partial charge is 0.352 e. The third-order valence-electron chi connectivity index (χ3n) is 2.92. The summed E-state index contributed by atoms with van der Waals surface area (Å²) in [5.74, 6) is 0.629. The van der Waals surface area contributed by atoms with Crippen LogP contribution in [0.5, 0.6) is 0 Å². The van der Waals surface area contributed by atoms with Crippen LogP contribution in [-0.2, 0) is 4.79 Å². The van der Waals surface area contributed by atoms with Gasteiger partial charge >= 0.3 is 0 Å². The maximum absolute atomic E-state index is 11.4. The molecule has 2 nitrogen and oxygen atoms in total. The average Bonchev–Trinajstić information content (AvgIpc) is 2.65. The van der Waals surface area contributed by atoms with Crippen LogP contribution in [0.1, 0.15) is 37.3 Å². The van der Waals surface area contributed by atoms with E-state index in [1.54, 1.807) is 0 Å². The first-order valence-corrected chi connectivity index (χ1v) is 5.75. The van der Waals surface area contributed by atoms with Crippen LogP contribution in [0.15, 0.2) is 29.8 Å². The highest BCUT2D eigenvalue weighted by molar-refractivity contribution is 5.99. The van der Waals surface area contributed by atoms with Crippen LogP contribution < -0.4 is 5.32 Å². The van der Waals surface area contributed by atoms with Gasteiger partial charge in [-0.3, -0.25) is 4.79 Å². The Kier molecular flexibility index (Phi) is 3.09. The van der Waals surface area contributed by atoms with E-state index in [2.05, 4.69) is 43.4 Å². The molecule has 1 aliphatic rings. The molecule has 0 unspecified atom stereocenters. The lowest BCUT2D eigenvalue weighted by molar-refractivity contribution is -0.116. The van der Waals surface area contributed by atoms with Gasteiger partial charge in [0.15, 0.2) is 0 Å². The van der Waals surface area contributed by atoms with Gasteiger partial charge in [0.2, 0.25) is 5.91 Å². The van der Waals surface area contributed by atoms with Crippen LogP contribution >= 0.6 is 0 Å². The van der Waals surface area contributed by atoms with Crippen molar-refractivity contribution in [2.75, 3.05) is 6.54 Å². The van der Waals surface area contributed by atoms with Gasteiger partial charge in [-0.15, -0.1) is 0 Å². The molecular weight excluding hydrogens is 198 g/mol. The second kappa shape index (κ2) is 4.52. The number of carbonyl (C=O) groups is 1. The van der Waals surface area contributed by atoms with E-state index in [9.17, 15) is 4.79 Å². The molecule has 1 aromatic rings. The second-order valence-corrected chi connectivity index (χ2v) is 4.50. The molecule has 84 valence electrons. The highest BCUT2D eigenvalue weighted by atomic mass is 16.1. The van der Waals surface area contributed by atoms with Crippen LogP contribution in [-0.4, -0.2) is 12.5 Å². The van der Waals surface area contributed by atoms with Crippen molar-refractivity contribution in [3.63, 3.8) is 0 Å². The zero-order chi connectivity index (χ0) is 11.5. The van der Waals surface area contributed by atoms with E-state index >= 15 is 0 Å². The fraction of sp³-hybridized carbons (Fsp3) is 0.357. The molecule has 16 heavy (non-hydrogen) atoms. The monoisotopic (exact) mass is 215 g/mol. The third-order valence-corrected chi connectivity index (χ3v) is 2.92. The van der Waals surface area contributed by atoms with Crippen LogP contribution in [0.4, 0.5) is 0 Å². The van der Waals surface area contributed by atoms with Gasteiger partial charge in [0.05, 0.1) is 0 Å². The van der Waals surface area contributed by atoms with E-state index in [0.717, 1.165) is 24.1 Å². The molecule has 0 atom stereocenters. The second-order valence-electron chi connectivity index (χ2n) is 4.50. The molecule has 2 heteroatoms. The number of carbonyl (C=O) groups excluding carboxylic acids is 1. The predicted octanol–water partition coefficient (Wildman–Crippen LogP) is 2.71. The van der Waals surface area contributed by atoms with Crippen molar-refractivity contribution >= 4 is 12.0 Å². The van der Waals surface area contributed by atoms with Crippen molar-refractivity contribution in [2.45, 2.75) is 26.2 Å². The number of rotatable bonds is 2.